The van der Waals surface area contributed by atoms with Crippen LogP contribution in [0.4, 0.5) is 0 Å². The average molecular weight is 268 g/mol. The fourth-order valence-electron chi connectivity index (χ4n) is 2.08. The van der Waals surface area contributed by atoms with Crippen LogP contribution >= 0.6 is 0 Å². The lowest BCUT2D eigenvalue weighted by atomic mass is 9.95. The lowest BCUT2D eigenvalue weighted by Crippen LogP contribution is -2.19. The minimum atomic E-state index is -0.589. The second kappa shape index (κ2) is 5.41. The third kappa shape index (κ3) is 2.19. The molecule has 0 radical (unpaired) electrons. The van der Waals surface area contributed by atoms with Crippen LogP contribution in [0, 0.1) is 18.3 Å². The van der Waals surface area contributed by atoms with Crippen LogP contribution in [0.1, 0.15) is 21.6 Å². The number of aromatic nitrogens is 1. The number of methoxy groups -OCH3 is 1. The number of rotatable bonds is 2. The van der Waals surface area contributed by atoms with Gasteiger partial charge in [0.25, 0.3) is 5.56 Å². The number of H-pyrrole nitrogens is 1. The molecule has 0 unspecified atom stereocenters. The quantitative estimate of drug-likeness (QED) is 0.844. The van der Waals surface area contributed by atoms with Crippen LogP contribution in [0.3, 0.4) is 0 Å². The summed E-state index contributed by atoms with van der Waals surface area (Å²) >= 11 is 0. The van der Waals surface area contributed by atoms with Crippen molar-refractivity contribution in [1.82, 2.24) is 4.98 Å². The van der Waals surface area contributed by atoms with Crippen LogP contribution in [0.5, 0.6) is 0 Å². The van der Waals surface area contributed by atoms with Gasteiger partial charge < -0.3 is 9.72 Å². The Labute approximate surface area is 115 Å². The predicted octanol–water partition coefficient (Wildman–Crippen LogP) is 2.01. The number of hydrogen-bond donors (Lipinski definition) is 1. The average Bonchev–Trinajstić information content (AvgIpc) is 2.46. The predicted molar refractivity (Wildman–Crippen MR) is 73.3 cm³/mol. The smallest absolute Gasteiger partial charge is 0.340 e. The van der Waals surface area contributed by atoms with Gasteiger partial charge in [-0.1, -0.05) is 30.3 Å². The Hall–Kier alpha value is -2.87. The van der Waals surface area contributed by atoms with Crippen molar-refractivity contribution in [2.24, 2.45) is 0 Å². The number of ether oxygens (including phenoxy) is 1. The molecule has 1 N–H and O–H groups in total. The molecule has 0 aliphatic rings. The van der Waals surface area contributed by atoms with E-state index in [0.29, 0.717) is 16.8 Å². The number of carbonyl (C=O) groups is 1. The Morgan fingerprint density at radius 1 is 1.30 bits per heavy atom. The molecule has 1 aromatic heterocycles. The van der Waals surface area contributed by atoms with Crippen molar-refractivity contribution in [2.75, 3.05) is 7.11 Å². The van der Waals surface area contributed by atoms with Crippen molar-refractivity contribution in [3.63, 3.8) is 0 Å². The van der Waals surface area contributed by atoms with Crippen LogP contribution in [0.2, 0.25) is 0 Å². The van der Waals surface area contributed by atoms with Crippen LogP contribution in [-0.4, -0.2) is 18.1 Å². The van der Waals surface area contributed by atoms with Gasteiger partial charge in [-0.15, -0.1) is 0 Å². The fraction of sp³-hybridized carbons (Fsp3) is 0.133. The molecule has 1 aromatic carbocycles. The monoisotopic (exact) mass is 268 g/mol. The van der Waals surface area contributed by atoms with E-state index in [1.807, 2.05) is 12.1 Å². The minimum absolute atomic E-state index is 0.0952. The van der Waals surface area contributed by atoms with E-state index in [1.54, 1.807) is 31.2 Å². The van der Waals surface area contributed by atoms with E-state index < -0.39 is 11.5 Å². The van der Waals surface area contributed by atoms with Gasteiger partial charge in [-0.3, -0.25) is 4.79 Å². The fourth-order valence-corrected chi connectivity index (χ4v) is 2.08. The molecule has 0 bridgehead atoms. The van der Waals surface area contributed by atoms with Crippen molar-refractivity contribution in [3.8, 4) is 17.2 Å². The Kier molecular flexibility index (Phi) is 3.67. The number of nitrogens with zero attached hydrogens (tertiary/aromatic N) is 1. The number of aromatic amines is 1. The largest absolute Gasteiger partial charge is 0.465 e. The van der Waals surface area contributed by atoms with E-state index in [-0.39, 0.29) is 11.1 Å². The summed E-state index contributed by atoms with van der Waals surface area (Å²) in [5, 5.41) is 9.21. The molecule has 0 spiro atoms. The summed E-state index contributed by atoms with van der Waals surface area (Å²) in [5.41, 5.74) is 0.896. The number of carbonyl (C=O) groups excluding carboxylic acids is 1. The highest BCUT2D eigenvalue weighted by Crippen LogP contribution is 2.27. The summed E-state index contributed by atoms with van der Waals surface area (Å²) in [7, 11) is 1.26. The number of aryl methyl sites for hydroxylation is 1. The highest BCUT2D eigenvalue weighted by atomic mass is 16.5. The number of hydrogen-bond acceptors (Lipinski definition) is 4. The van der Waals surface area contributed by atoms with Gasteiger partial charge >= 0.3 is 5.97 Å². The van der Waals surface area contributed by atoms with E-state index in [2.05, 4.69) is 4.98 Å². The van der Waals surface area contributed by atoms with Crippen molar-refractivity contribution in [3.05, 3.63) is 57.5 Å². The summed E-state index contributed by atoms with van der Waals surface area (Å²) < 4.78 is 4.75. The molecule has 0 amide bonds. The summed E-state index contributed by atoms with van der Waals surface area (Å²) in [6, 6.07) is 10.7. The van der Waals surface area contributed by atoms with Gasteiger partial charge in [0, 0.05) is 11.3 Å². The Balaban J connectivity index is 2.92. The molecule has 1 heterocycles. The number of nitriles is 1. The Morgan fingerprint density at radius 3 is 2.50 bits per heavy atom. The molecule has 2 rings (SSSR count). The van der Waals surface area contributed by atoms with Crippen molar-refractivity contribution >= 4 is 5.97 Å². The number of benzene rings is 1. The minimum Gasteiger partial charge on any atom is -0.465 e. The molecule has 5 nitrogen and oxygen atoms in total. The zero-order chi connectivity index (χ0) is 14.7. The first-order chi connectivity index (χ1) is 9.60. The van der Waals surface area contributed by atoms with Crippen LogP contribution in [0.15, 0.2) is 35.1 Å². The van der Waals surface area contributed by atoms with E-state index in [0.717, 1.165) is 0 Å². The van der Waals surface area contributed by atoms with Crippen molar-refractivity contribution in [1.29, 1.82) is 5.26 Å². The van der Waals surface area contributed by atoms with Crippen LogP contribution < -0.4 is 5.56 Å². The van der Waals surface area contributed by atoms with Gasteiger partial charge in [-0.25, -0.2) is 4.79 Å². The number of nitrogens with one attached hydrogen (secondary N) is 1. The van der Waals surface area contributed by atoms with E-state index in [4.69, 9.17) is 4.74 Å². The molecule has 0 atom stereocenters. The van der Waals surface area contributed by atoms with Gasteiger partial charge in [0.1, 0.15) is 11.6 Å². The van der Waals surface area contributed by atoms with Gasteiger partial charge in [0.2, 0.25) is 0 Å². The van der Waals surface area contributed by atoms with Crippen LogP contribution in [0.25, 0.3) is 11.1 Å². The first kappa shape index (κ1) is 13.6. The topological polar surface area (TPSA) is 83.0 Å². The maximum atomic E-state index is 12.0. The van der Waals surface area contributed by atoms with E-state index in [1.165, 1.54) is 7.11 Å². The molecular formula is C15H12N2O3. The second-order valence-corrected chi connectivity index (χ2v) is 4.17. The molecular weight excluding hydrogens is 256 g/mol. The SMILES string of the molecule is COC(=O)c1c(C)[nH]c(=O)c(C#N)c1-c1ccccc1. The van der Waals surface area contributed by atoms with Gasteiger partial charge in [0.15, 0.2) is 0 Å². The van der Waals surface area contributed by atoms with E-state index >= 15 is 0 Å². The zero-order valence-electron chi connectivity index (χ0n) is 11.1. The third-order valence-electron chi connectivity index (χ3n) is 2.97. The van der Waals surface area contributed by atoms with Gasteiger partial charge in [-0.05, 0) is 12.5 Å². The highest BCUT2D eigenvalue weighted by molar-refractivity contribution is 5.99. The molecule has 5 heteroatoms. The third-order valence-corrected chi connectivity index (χ3v) is 2.97. The maximum Gasteiger partial charge on any atom is 0.340 e. The molecule has 0 fully saturated rings. The van der Waals surface area contributed by atoms with Crippen molar-refractivity contribution < 1.29 is 9.53 Å². The standard InChI is InChI=1S/C15H12N2O3/c1-9-12(15(19)20-2)13(10-6-4-3-5-7-10)11(8-16)14(18)17-9/h3-7H,1-2H3,(H,17,18). The number of pyridine rings is 1. The summed E-state index contributed by atoms with van der Waals surface area (Å²) in [6.45, 7) is 1.60. The molecule has 0 saturated heterocycles. The normalized spacial score (nSPS) is 9.85. The second-order valence-electron chi connectivity index (χ2n) is 4.17. The molecule has 0 aliphatic heterocycles. The maximum absolute atomic E-state index is 12.0. The molecule has 20 heavy (non-hydrogen) atoms. The number of esters is 1. The highest BCUT2D eigenvalue weighted by Gasteiger charge is 2.22. The van der Waals surface area contributed by atoms with Crippen molar-refractivity contribution in [2.45, 2.75) is 6.92 Å². The molecule has 100 valence electrons. The molecule has 0 aliphatic carbocycles. The molecule has 2 aromatic rings. The summed E-state index contributed by atoms with van der Waals surface area (Å²) in [6.07, 6.45) is 0. The molecule has 0 saturated carbocycles. The van der Waals surface area contributed by atoms with E-state index in [9.17, 15) is 14.9 Å². The van der Waals surface area contributed by atoms with Gasteiger partial charge in [-0.2, -0.15) is 5.26 Å². The Morgan fingerprint density at radius 2 is 1.95 bits per heavy atom. The lowest BCUT2D eigenvalue weighted by molar-refractivity contribution is 0.0600. The van der Waals surface area contributed by atoms with Gasteiger partial charge in [0.05, 0.1) is 12.7 Å². The summed E-state index contributed by atoms with van der Waals surface area (Å²) in [4.78, 5) is 26.4. The Bertz CT molecular complexity index is 755. The first-order valence-corrected chi connectivity index (χ1v) is 5.90. The summed E-state index contributed by atoms with van der Waals surface area (Å²) in [5.74, 6) is -0.589. The lowest BCUT2D eigenvalue weighted by Gasteiger charge is -2.12. The first-order valence-electron chi connectivity index (χ1n) is 5.90. The van der Waals surface area contributed by atoms with Crippen LogP contribution in [-0.2, 0) is 4.74 Å². The zero-order valence-corrected chi connectivity index (χ0v) is 11.1.